The second-order valence-corrected chi connectivity index (χ2v) is 17.0. The van der Waals surface area contributed by atoms with E-state index < -0.39 is 0 Å². The molecule has 2 heteroatoms. The molecule has 246 valence electrons. The molecule has 2 aromatic heterocycles. The average Bonchev–Trinajstić information content (AvgIpc) is 3.74. The van der Waals surface area contributed by atoms with Crippen LogP contribution in [0.4, 0.5) is 0 Å². The van der Waals surface area contributed by atoms with Gasteiger partial charge >= 0.3 is 0 Å². The molecule has 2 nitrogen and oxygen atoms in total. The van der Waals surface area contributed by atoms with Gasteiger partial charge in [0, 0.05) is 32.5 Å². The van der Waals surface area contributed by atoms with Crippen molar-refractivity contribution in [2.75, 3.05) is 0 Å². The van der Waals surface area contributed by atoms with Gasteiger partial charge in [0.2, 0.25) is 0 Å². The Bertz CT molecular complexity index is 2760. The molecule has 10 rings (SSSR count). The molecule has 8 aromatic rings. The van der Waals surface area contributed by atoms with Gasteiger partial charge in [-0.25, -0.2) is 0 Å². The van der Waals surface area contributed by atoms with Crippen molar-refractivity contribution in [2.24, 2.45) is 5.41 Å². The summed E-state index contributed by atoms with van der Waals surface area (Å²) < 4.78 is 9.04. The molecule has 0 saturated heterocycles. The molecule has 50 heavy (non-hydrogen) atoms. The molecule has 0 atom stereocenters. The van der Waals surface area contributed by atoms with Crippen molar-refractivity contribution in [3.63, 3.8) is 0 Å². The van der Waals surface area contributed by atoms with Crippen molar-refractivity contribution in [1.82, 2.24) is 4.57 Å². The Labute approximate surface area is 294 Å². The largest absolute Gasteiger partial charge is 0.456 e. The number of hydrogen-bond acceptors (Lipinski definition) is 1. The average molecular weight is 650 g/mol. The van der Waals surface area contributed by atoms with E-state index in [1.165, 1.54) is 72.0 Å². The monoisotopic (exact) mass is 649 g/mol. The predicted molar refractivity (Wildman–Crippen MR) is 211 cm³/mol. The van der Waals surface area contributed by atoms with Crippen LogP contribution in [0.1, 0.15) is 77.6 Å². The molecule has 2 aliphatic carbocycles. The maximum absolute atomic E-state index is 6.48. The second-order valence-electron chi connectivity index (χ2n) is 17.0. The Balaban J connectivity index is 1.34. The summed E-state index contributed by atoms with van der Waals surface area (Å²) in [5.74, 6) is 0. The van der Waals surface area contributed by atoms with Gasteiger partial charge in [0.1, 0.15) is 11.2 Å². The summed E-state index contributed by atoms with van der Waals surface area (Å²) in [6.45, 7) is 19.4. The summed E-state index contributed by atoms with van der Waals surface area (Å²) >= 11 is 0. The van der Waals surface area contributed by atoms with Gasteiger partial charge in [-0.2, -0.15) is 0 Å². The van der Waals surface area contributed by atoms with Crippen molar-refractivity contribution >= 4 is 43.7 Å². The van der Waals surface area contributed by atoms with Crippen molar-refractivity contribution in [3.8, 4) is 27.9 Å². The Morgan fingerprint density at radius 3 is 1.90 bits per heavy atom. The van der Waals surface area contributed by atoms with E-state index in [2.05, 4.69) is 169 Å². The molecule has 0 bridgehead atoms. The van der Waals surface area contributed by atoms with Crippen LogP contribution in [0.3, 0.4) is 0 Å². The molecule has 0 fully saturated rings. The van der Waals surface area contributed by atoms with Gasteiger partial charge in [0.15, 0.2) is 0 Å². The standard InChI is InChI=1S/C48H43NO/c1-45(2)36-18-12-9-15-29(36)34-26-41-35(25-37(34)45)30-16-10-13-19-40(30)49(41)42-27-39-38(46(3,4)48(7,8)47(39,5)6)24-33(42)28-21-22-32-31-17-11-14-20-43(31)50-44(32)23-28/h9-27H,1-8H3. The molecule has 0 spiro atoms. The molecular formula is C48H43NO. The van der Waals surface area contributed by atoms with Gasteiger partial charge in [-0.3, -0.25) is 0 Å². The number of rotatable bonds is 2. The number of furan rings is 1. The zero-order valence-corrected chi connectivity index (χ0v) is 30.3. The smallest absolute Gasteiger partial charge is 0.136 e. The van der Waals surface area contributed by atoms with Crippen LogP contribution >= 0.6 is 0 Å². The first-order chi connectivity index (χ1) is 23.8. The summed E-state index contributed by atoms with van der Waals surface area (Å²) in [5, 5.41) is 4.91. The minimum atomic E-state index is -0.0643. The lowest BCUT2D eigenvalue weighted by molar-refractivity contribution is 0.125. The van der Waals surface area contributed by atoms with Crippen LogP contribution in [0, 0.1) is 5.41 Å². The number of fused-ring (bicyclic) bond motifs is 10. The quantitative estimate of drug-likeness (QED) is 0.182. The fourth-order valence-electron chi connectivity index (χ4n) is 9.81. The number of nitrogens with zero attached hydrogens (tertiary/aromatic N) is 1. The van der Waals surface area contributed by atoms with Gasteiger partial charge in [-0.15, -0.1) is 0 Å². The molecule has 0 radical (unpaired) electrons. The number of benzene rings is 6. The lowest BCUT2D eigenvalue weighted by atomic mass is 9.59. The maximum atomic E-state index is 6.48. The molecule has 0 unspecified atom stereocenters. The minimum Gasteiger partial charge on any atom is -0.456 e. The molecule has 0 amide bonds. The summed E-state index contributed by atoms with van der Waals surface area (Å²) in [6.07, 6.45) is 0. The third-order valence-corrected chi connectivity index (χ3v) is 13.9. The Morgan fingerprint density at radius 1 is 0.440 bits per heavy atom. The van der Waals surface area contributed by atoms with Crippen LogP contribution in [-0.2, 0) is 16.2 Å². The van der Waals surface area contributed by atoms with Crippen LogP contribution in [-0.4, -0.2) is 4.57 Å². The molecule has 2 aliphatic rings. The van der Waals surface area contributed by atoms with Crippen LogP contribution in [0.5, 0.6) is 0 Å². The SMILES string of the molecule is CC1(C)c2ccccc2-c2cc3c(cc21)c1ccccc1n3-c1cc2c(cc1-c1ccc3c(c1)oc1ccccc13)C(C)(C)C(C)(C)C2(C)C. The van der Waals surface area contributed by atoms with Gasteiger partial charge in [-0.05, 0) is 104 Å². The summed E-state index contributed by atoms with van der Waals surface area (Å²) in [6, 6.07) is 43.2. The van der Waals surface area contributed by atoms with Crippen LogP contribution in [0.15, 0.2) is 120 Å². The van der Waals surface area contributed by atoms with Gasteiger partial charge in [-0.1, -0.05) is 122 Å². The van der Waals surface area contributed by atoms with Crippen molar-refractivity contribution < 1.29 is 4.42 Å². The van der Waals surface area contributed by atoms with E-state index in [9.17, 15) is 0 Å². The first kappa shape index (κ1) is 29.8. The van der Waals surface area contributed by atoms with Gasteiger partial charge in [0.25, 0.3) is 0 Å². The van der Waals surface area contributed by atoms with E-state index in [4.69, 9.17) is 4.42 Å². The van der Waals surface area contributed by atoms with E-state index >= 15 is 0 Å². The fraction of sp³-hybridized carbons (Fsp3) is 0.250. The molecule has 0 aliphatic heterocycles. The van der Waals surface area contributed by atoms with Gasteiger partial charge in [0.05, 0.1) is 16.7 Å². The number of para-hydroxylation sites is 2. The van der Waals surface area contributed by atoms with Crippen LogP contribution in [0.2, 0.25) is 0 Å². The maximum Gasteiger partial charge on any atom is 0.136 e. The Morgan fingerprint density at radius 2 is 1.10 bits per heavy atom. The lowest BCUT2D eigenvalue weighted by Crippen LogP contribution is -2.42. The Kier molecular flexibility index (Phi) is 5.59. The first-order valence-corrected chi connectivity index (χ1v) is 18.1. The summed E-state index contributed by atoms with van der Waals surface area (Å²) in [5.41, 5.74) is 16.3. The van der Waals surface area contributed by atoms with Crippen molar-refractivity contribution in [2.45, 2.75) is 71.6 Å². The highest BCUT2D eigenvalue weighted by atomic mass is 16.3. The third kappa shape index (κ3) is 3.49. The zero-order valence-electron chi connectivity index (χ0n) is 30.3. The second kappa shape index (κ2) is 9.37. The van der Waals surface area contributed by atoms with Crippen LogP contribution < -0.4 is 0 Å². The van der Waals surface area contributed by atoms with Crippen LogP contribution in [0.25, 0.3) is 71.7 Å². The molecule has 6 aromatic carbocycles. The lowest BCUT2D eigenvalue weighted by Gasteiger charge is -2.44. The topological polar surface area (TPSA) is 18.1 Å². The highest BCUT2D eigenvalue weighted by molar-refractivity contribution is 6.12. The molecule has 0 saturated carbocycles. The van der Waals surface area contributed by atoms with E-state index in [1.54, 1.807) is 0 Å². The molecule has 0 N–H and O–H groups in total. The zero-order chi connectivity index (χ0) is 34.5. The number of aromatic nitrogens is 1. The normalized spacial score (nSPS) is 17.8. The highest BCUT2D eigenvalue weighted by Gasteiger charge is 2.57. The van der Waals surface area contributed by atoms with E-state index in [0.29, 0.717) is 0 Å². The number of hydrogen-bond donors (Lipinski definition) is 0. The first-order valence-electron chi connectivity index (χ1n) is 18.1. The molecular weight excluding hydrogens is 607 g/mol. The van der Waals surface area contributed by atoms with Crippen molar-refractivity contribution in [1.29, 1.82) is 0 Å². The van der Waals surface area contributed by atoms with Gasteiger partial charge < -0.3 is 8.98 Å². The summed E-state index contributed by atoms with van der Waals surface area (Å²) in [7, 11) is 0. The summed E-state index contributed by atoms with van der Waals surface area (Å²) in [4.78, 5) is 0. The highest BCUT2D eigenvalue weighted by Crippen LogP contribution is 2.63. The van der Waals surface area contributed by atoms with E-state index in [-0.39, 0.29) is 21.7 Å². The molecule has 2 heterocycles. The van der Waals surface area contributed by atoms with Crippen molar-refractivity contribution in [3.05, 3.63) is 138 Å². The minimum absolute atomic E-state index is 0.0283. The Hall–Kier alpha value is -5.08. The van der Waals surface area contributed by atoms with E-state index in [1.807, 2.05) is 6.07 Å². The van der Waals surface area contributed by atoms with E-state index in [0.717, 1.165) is 21.9 Å². The predicted octanol–water partition coefficient (Wildman–Crippen LogP) is 13.3. The third-order valence-electron chi connectivity index (χ3n) is 13.9. The fourth-order valence-corrected chi connectivity index (χ4v) is 9.81.